The van der Waals surface area contributed by atoms with E-state index in [1.807, 2.05) is 36.4 Å². The third-order valence-corrected chi connectivity index (χ3v) is 4.97. The highest BCUT2D eigenvalue weighted by Gasteiger charge is 2.31. The lowest BCUT2D eigenvalue weighted by molar-refractivity contribution is -0.142. The van der Waals surface area contributed by atoms with Crippen molar-refractivity contribution in [2.24, 2.45) is 0 Å². The van der Waals surface area contributed by atoms with Crippen molar-refractivity contribution < 1.29 is 24.2 Å². The van der Waals surface area contributed by atoms with E-state index in [1.165, 1.54) is 14.2 Å². The van der Waals surface area contributed by atoms with Gasteiger partial charge < -0.3 is 14.6 Å². The molecule has 0 saturated carbocycles. The number of aliphatic carboxylic acids is 1. The minimum absolute atomic E-state index is 0.0583. The number of carboxylic acid groups (broad SMARTS) is 1. The number of fused-ring (bicyclic) bond motifs is 3. The molecular formula is C21H23NO5. The fraction of sp³-hybridized carbons (Fsp3) is 0.333. The molecule has 1 unspecified atom stereocenters. The predicted octanol–water partition coefficient (Wildman–Crippen LogP) is 3.36. The molecule has 0 spiro atoms. The van der Waals surface area contributed by atoms with Crippen LogP contribution in [0, 0.1) is 0 Å². The van der Waals surface area contributed by atoms with Gasteiger partial charge in [-0.3, -0.25) is 4.90 Å². The van der Waals surface area contributed by atoms with E-state index in [2.05, 4.69) is 12.1 Å². The van der Waals surface area contributed by atoms with E-state index in [1.54, 1.807) is 0 Å². The van der Waals surface area contributed by atoms with Gasteiger partial charge in [0.25, 0.3) is 0 Å². The molecule has 1 N–H and O–H groups in total. The van der Waals surface area contributed by atoms with Crippen LogP contribution in [0.3, 0.4) is 0 Å². The zero-order chi connectivity index (χ0) is 19.4. The van der Waals surface area contributed by atoms with E-state index < -0.39 is 18.1 Å². The first-order valence-electron chi connectivity index (χ1n) is 8.84. The summed E-state index contributed by atoms with van der Waals surface area (Å²) in [7, 11) is 2.93. The Bertz CT molecular complexity index is 789. The summed E-state index contributed by atoms with van der Waals surface area (Å²) in [6.07, 6.45) is -0.452. The van der Waals surface area contributed by atoms with Crippen molar-refractivity contribution in [3.63, 3.8) is 0 Å². The summed E-state index contributed by atoms with van der Waals surface area (Å²) in [6, 6.07) is 15.1. The van der Waals surface area contributed by atoms with Gasteiger partial charge in [-0.15, -0.1) is 0 Å². The molecule has 0 aliphatic heterocycles. The highest BCUT2D eigenvalue weighted by Crippen LogP contribution is 2.44. The fourth-order valence-electron chi connectivity index (χ4n) is 3.54. The summed E-state index contributed by atoms with van der Waals surface area (Å²) in [5.41, 5.74) is 4.52. The Balaban J connectivity index is 1.73. The molecule has 3 rings (SSSR count). The topological polar surface area (TPSA) is 76.1 Å². The third kappa shape index (κ3) is 3.80. The second kappa shape index (κ2) is 8.22. The SMILES string of the molecule is COCCC(C(=O)O)N(C)C(=O)OCC1c2ccccc2-c2ccccc21. The maximum absolute atomic E-state index is 12.4. The highest BCUT2D eigenvalue weighted by molar-refractivity contribution is 5.81. The number of carbonyl (C=O) groups is 2. The van der Waals surface area contributed by atoms with Gasteiger partial charge >= 0.3 is 12.1 Å². The molecule has 1 atom stereocenters. The number of benzene rings is 2. The number of hydrogen-bond donors (Lipinski definition) is 1. The lowest BCUT2D eigenvalue weighted by atomic mass is 9.98. The first-order valence-corrected chi connectivity index (χ1v) is 8.84. The average Bonchev–Trinajstić information content (AvgIpc) is 3.00. The largest absolute Gasteiger partial charge is 0.480 e. The number of amides is 1. The number of methoxy groups -OCH3 is 1. The van der Waals surface area contributed by atoms with E-state index in [9.17, 15) is 14.7 Å². The Morgan fingerprint density at radius 2 is 1.63 bits per heavy atom. The number of carboxylic acids is 1. The molecule has 0 heterocycles. The summed E-state index contributed by atoms with van der Waals surface area (Å²) >= 11 is 0. The molecule has 0 bridgehead atoms. The molecule has 6 nitrogen and oxygen atoms in total. The van der Waals surface area contributed by atoms with Crippen LogP contribution < -0.4 is 0 Å². The summed E-state index contributed by atoms with van der Waals surface area (Å²) in [5.74, 6) is -1.14. The number of carbonyl (C=O) groups excluding carboxylic acids is 1. The van der Waals surface area contributed by atoms with E-state index in [0.29, 0.717) is 0 Å². The van der Waals surface area contributed by atoms with Crippen LogP contribution in [-0.4, -0.2) is 55.5 Å². The standard InChI is InChI=1S/C21H23NO5/c1-22(19(20(23)24)11-12-26-2)21(25)27-13-18-16-9-5-3-7-14(16)15-8-4-6-10-17(15)18/h3-10,18-19H,11-13H2,1-2H3,(H,23,24). The average molecular weight is 369 g/mol. The number of hydrogen-bond acceptors (Lipinski definition) is 4. The van der Waals surface area contributed by atoms with Crippen LogP contribution in [0.15, 0.2) is 48.5 Å². The molecule has 1 aliphatic carbocycles. The first-order chi connectivity index (χ1) is 13.0. The minimum Gasteiger partial charge on any atom is -0.480 e. The van der Waals surface area contributed by atoms with Crippen LogP contribution in [0.5, 0.6) is 0 Å². The smallest absolute Gasteiger partial charge is 0.410 e. The molecule has 0 radical (unpaired) electrons. The molecule has 2 aromatic carbocycles. The van der Waals surface area contributed by atoms with E-state index >= 15 is 0 Å². The number of ether oxygens (including phenoxy) is 2. The zero-order valence-corrected chi connectivity index (χ0v) is 15.4. The summed E-state index contributed by atoms with van der Waals surface area (Å²) in [6.45, 7) is 0.409. The van der Waals surface area contributed by atoms with Crippen LogP contribution in [0.2, 0.25) is 0 Å². The Morgan fingerprint density at radius 3 is 2.15 bits per heavy atom. The lowest BCUT2D eigenvalue weighted by Gasteiger charge is -2.25. The van der Waals surface area contributed by atoms with Gasteiger partial charge in [-0.1, -0.05) is 48.5 Å². The van der Waals surface area contributed by atoms with Crippen molar-refractivity contribution in [1.82, 2.24) is 4.90 Å². The molecular weight excluding hydrogens is 346 g/mol. The second-order valence-electron chi connectivity index (χ2n) is 6.55. The molecule has 6 heteroatoms. The molecule has 27 heavy (non-hydrogen) atoms. The molecule has 0 saturated heterocycles. The van der Waals surface area contributed by atoms with Gasteiger partial charge in [0, 0.05) is 33.1 Å². The fourth-order valence-corrected chi connectivity index (χ4v) is 3.54. The number of rotatable bonds is 7. The van der Waals surface area contributed by atoms with Gasteiger partial charge in [-0.05, 0) is 22.3 Å². The maximum atomic E-state index is 12.4. The molecule has 0 aromatic heterocycles. The van der Waals surface area contributed by atoms with Crippen molar-refractivity contribution in [2.45, 2.75) is 18.4 Å². The monoisotopic (exact) mass is 369 g/mol. The van der Waals surface area contributed by atoms with Gasteiger partial charge in [0.1, 0.15) is 12.6 Å². The summed E-state index contributed by atoms with van der Waals surface area (Å²) < 4.78 is 10.4. The quantitative estimate of drug-likeness (QED) is 0.810. The van der Waals surface area contributed by atoms with Gasteiger partial charge in [0.2, 0.25) is 0 Å². The van der Waals surface area contributed by atoms with Crippen molar-refractivity contribution in [3.05, 3.63) is 59.7 Å². The Hall–Kier alpha value is -2.86. The van der Waals surface area contributed by atoms with Gasteiger partial charge in [0.05, 0.1) is 0 Å². The lowest BCUT2D eigenvalue weighted by Crippen LogP contribution is -2.43. The van der Waals surface area contributed by atoms with Crippen molar-refractivity contribution in [3.8, 4) is 11.1 Å². The van der Waals surface area contributed by atoms with Crippen molar-refractivity contribution in [2.75, 3.05) is 27.4 Å². The normalized spacial score (nSPS) is 13.6. The van der Waals surface area contributed by atoms with Crippen LogP contribution in [-0.2, 0) is 14.3 Å². The van der Waals surface area contributed by atoms with Crippen LogP contribution >= 0.6 is 0 Å². The van der Waals surface area contributed by atoms with E-state index in [4.69, 9.17) is 9.47 Å². The first kappa shape index (κ1) is 18.9. The summed E-state index contributed by atoms with van der Waals surface area (Å²) in [5, 5.41) is 9.35. The van der Waals surface area contributed by atoms with Crippen molar-refractivity contribution >= 4 is 12.1 Å². The van der Waals surface area contributed by atoms with E-state index in [-0.39, 0.29) is 25.6 Å². The number of nitrogens with zero attached hydrogens (tertiary/aromatic N) is 1. The Kier molecular flexibility index (Phi) is 5.76. The maximum Gasteiger partial charge on any atom is 0.410 e. The number of likely N-dealkylation sites (N-methyl/N-ethyl adjacent to an activating group) is 1. The second-order valence-corrected chi connectivity index (χ2v) is 6.55. The van der Waals surface area contributed by atoms with Crippen LogP contribution in [0.4, 0.5) is 4.79 Å². The molecule has 1 aliphatic rings. The Morgan fingerprint density at radius 1 is 1.07 bits per heavy atom. The van der Waals surface area contributed by atoms with Crippen LogP contribution in [0.1, 0.15) is 23.5 Å². The molecule has 1 amide bonds. The van der Waals surface area contributed by atoms with Crippen LogP contribution in [0.25, 0.3) is 11.1 Å². The third-order valence-electron chi connectivity index (χ3n) is 4.97. The highest BCUT2D eigenvalue weighted by atomic mass is 16.6. The Labute approximate surface area is 158 Å². The molecule has 2 aromatic rings. The molecule has 142 valence electrons. The minimum atomic E-state index is -1.08. The summed E-state index contributed by atoms with van der Waals surface area (Å²) in [4.78, 5) is 25.0. The van der Waals surface area contributed by atoms with E-state index in [0.717, 1.165) is 27.2 Å². The zero-order valence-electron chi connectivity index (χ0n) is 15.4. The van der Waals surface area contributed by atoms with Crippen molar-refractivity contribution in [1.29, 1.82) is 0 Å². The molecule has 0 fully saturated rings. The van der Waals surface area contributed by atoms with Gasteiger partial charge in [0.15, 0.2) is 0 Å². The van der Waals surface area contributed by atoms with Gasteiger partial charge in [-0.2, -0.15) is 0 Å². The van der Waals surface area contributed by atoms with Gasteiger partial charge in [-0.25, -0.2) is 9.59 Å². The predicted molar refractivity (Wildman–Crippen MR) is 101 cm³/mol.